The number of anilines is 12. The molecule has 2 aromatic heterocycles. The van der Waals surface area contributed by atoms with Gasteiger partial charge in [-0.05, 0) is 177 Å². The number of furan rings is 1. The summed E-state index contributed by atoms with van der Waals surface area (Å²) in [6, 6.07) is 122. The summed E-state index contributed by atoms with van der Waals surface area (Å²) in [6.07, 6.45) is 0. The van der Waals surface area contributed by atoms with Gasteiger partial charge in [0.25, 0.3) is 6.71 Å². The number of nitrogens with zero attached hydrogens (tertiary/aromatic N) is 5. The minimum atomic E-state index is -0.505. The zero-order valence-electron chi connectivity index (χ0n) is 61.5. The molecule has 0 saturated carbocycles. The molecule has 2 aliphatic heterocycles. The molecule has 0 N–H and O–H groups in total. The third-order valence-corrected chi connectivity index (χ3v) is 21.9. The molecular formula is C97H62BN5OS. The Morgan fingerprint density at radius 1 is 0.333 bits per heavy atom. The lowest BCUT2D eigenvalue weighted by atomic mass is 9.33. The van der Waals surface area contributed by atoms with Gasteiger partial charge in [-0.3, -0.25) is 0 Å². The van der Waals surface area contributed by atoms with Gasteiger partial charge in [0.2, 0.25) is 0 Å². The summed E-state index contributed by atoms with van der Waals surface area (Å²) in [5.74, 6) is 0. The van der Waals surface area contributed by atoms with Gasteiger partial charge in [-0.1, -0.05) is 249 Å². The second-order valence-corrected chi connectivity index (χ2v) is 27.7. The van der Waals surface area contributed by atoms with Crippen LogP contribution >= 0.6 is 11.3 Å². The first-order chi connectivity index (χ1) is 54.1. The maximum absolute atomic E-state index is 10.2. The number of hydrogen-bond donors (Lipinski definition) is 0. The number of para-hydroxylation sites is 5. The average Bonchev–Trinajstić information content (AvgIpc) is 1.65. The first-order valence-corrected chi connectivity index (χ1v) is 36.0. The van der Waals surface area contributed by atoms with Crippen LogP contribution in [-0.4, -0.2) is 6.71 Å². The molecule has 490 valence electrons. The molecule has 4 heterocycles. The molecule has 18 aromatic rings. The van der Waals surface area contributed by atoms with E-state index in [2.05, 4.69) is 306 Å². The SMILES string of the molecule is [2H]c1c([2H])c([2H])c(N(c2ccccc2)c2ccc3c(c2)N(c2c(-c4ccccc4)cccc2-c2ccccc2)c2cc(-c4ccc5oc6ccc7sc8ccccc8c7c6c5c4)cc4c2B3c2ccc(N(c3ccccc3)c3ccc(C#N)cc3)cc2N4c2c(-c3ccccc3)cccc2-c2ccccc2)c([2H])c1[2H]. The highest BCUT2D eigenvalue weighted by Gasteiger charge is 2.46. The van der Waals surface area contributed by atoms with Gasteiger partial charge in [-0.15, -0.1) is 11.3 Å². The van der Waals surface area contributed by atoms with E-state index in [9.17, 15) is 10.7 Å². The third-order valence-electron chi connectivity index (χ3n) is 20.7. The summed E-state index contributed by atoms with van der Waals surface area (Å²) in [7, 11) is 0. The Kier molecular flexibility index (Phi) is 13.6. The molecule has 20 rings (SSSR count). The lowest BCUT2D eigenvalue weighted by Gasteiger charge is -2.46. The van der Waals surface area contributed by atoms with Crippen LogP contribution in [0.25, 0.3) is 97.7 Å². The van der Waals surface area contributed by atoms with Crippen molar-refractivity contribution in [3.05, 3.63) is 382 Å². The minimum Gasteiger partial charge on any atom is -0.456 e. The minimum absolute atomic E-state index is 0.0155. The molecule has 16 aromatic carbocycles. The average molecular weight is 1360 g/mol. The van der Waals surface area contributed by atoms with E-state index in [-0.39, 0.29) is 17.8 Å². The molecule has 0 bridgehead atoms. The number of rotatable bonds is 13. The van der Waals surface area contributed by atoms with Crippen LogP contribution in [0.5, 0.6) is 0 Å². The van der Waals surface area contributed by atoms with Gasteiger partial charge in [0.15, 0.2) is 0 Å². The highest BCUT2D eigenvalue weighted by atomic mass is 32.1. The van der Waals surface area contributed by atoms with Gasteiger partial charge < -0.3 is 24.0 Å². The third kappa shape index (κ3) is 10.3. The summed E-state index contributed by atoms with van der Waals surface area (Å²) in [4.78, 5) is 9.11. The fraction of sp³-hybridized carbons (Fsp3) is 0. The summed E-state index contributed by atoms with van der Waals surface area (Å²) in [5.41, 5.74) is 24.3. The molecule has 0 amide bonds. The molecule has 2 aliphatic rings. The van der Waals surface area contributed by atoms with E-state index in [0.717, 1.165) is 151 Å². The monoisotopic (exact) mass is 1360 g/mol. The van der Waals surface area contributed by atoms with E-state index in [1.807, 2.05) is 65.6 Å². The Bertz CT molecular complexity index is 6620. The van der Waals surface area contributed by atoms with Crippen LogP contribution in [0.1, 0.15) is 12.4 Å². The predicted molar refractivity (Wildman–Crippen MR) is 442 cm³/mol. The van der Waals surface area contributed by atoms with Crippen LogP contribution in [0.15, 0.2) is 380 Å². The molecule has 105 heavy (non-hydrogen) atoms. The summed E-state index contributed by atoms with van der Waals surface area (Å²) < 4.78 is 56.1. The van der Waals surface area contributed by atoms with Gasteiger partial charge in [-0.25, -0.2) is 0 Å². The van der Waals surface area contributed by atoms with Crippen LogP contribution in [0.2, 0.25) is 0 Å². The molecule has 0 spiro atoms. The molecular weight excluding hydrogens is 1290 g/mol. The number of nitriles is 1. The van der Waals surface area contributed by atoms with E-state index in [1.165, 1.54) is 14.8 Å². The van der Waals surface area contributed by atoms with E-state index >= 15 is 0 Å². The Morgan fingerprint density at radius 3 is 1.29 bits per heavy atom. The fourth-order valence-corrected chi connectivity index (χ4v) is 17.3. The Morgan fingerprint density at radius 2 is 0.781 bits per heavy atom. The highest BCUT2D eigenvalue weighted by molar-refractivity contribution is 7.26. The second kappa shape index (κ2) is 25.4. The van der Waals surface area contributed by atoms with Crippen LogP contribution < -0.4 is 36.0 Å². The van der Waals surface area contributed by atoms with Gasteiger partial charge in [0, 0.05) is 110 Å². The zero-order valence-corrected chi connectivity index (χ0v) is 57.4. The smallest absolute Gasteiger partial charge is 0.252 e. The van der Waals surface area contributed by atoms with Crippen LogP contribution in [0.3, 0.4) is 0 Å². The first-order valence-electron chi connectivity index (χ1n) is 37.7. The van der Waals surface area contributed by atoms with Crippen molar-refractivity contribution in [2.45, 2.75) is 0 Å². The molecule has 0 radical (unpaired) electrons. The number of thiophene rings is 1. The molecule has 6 nitrogen and oxygen atoms in total. The van der Waals surface area contributed by atoms with E-state index in [1.54, 1.807) is 11.3 Å². The lowest BCUT2D eigenvalue weighted by molar-refractivity contribution is 0.669. The Labute approximate surface area is 620 Å². The molecule has 0 fully saturated rings. The normalized spacial score (nSPS) is 12.8. The lowest BCUT2D eigenvalue weighted by Crippen LogP contribution is -2.61. The van der Waals surface area contributed by atoms with Gasteiger partial charge in [0.1, 0.15) is 11.2 Å². The first kappa shape index (κ1) is 56.0. The topological polar surface area (TPSA) is 49.9 Å². The summed E-state index contributed by atoms with van der Waals surface area (Å²) in [5, 5.41) is 14.6. The van der Waals surface area contributed by atoms with Crippen molar-refractivity contribution < 1.29 is 11.3 Å². The molecule has 0 unspecified atom stereocenters. The zero-order chi connectivity index (χ0) is 73.8. The number of hydrogen-bond acceptors (Lipinski definition) is 7. The molecule has 0 aliphatic carbocycles. The summed E-state index contributed by atoms with van der Waals surface area (Å²) >= 11 is 1.79. The maximum atomic E-state index is 10.2. The van der Waals surface area contributed by atoms with Crippen molar-refractivity contribution in [2.75, 3.05) is 19.6 Å². The van der Waals surface area contributed by atoms with Gasteiger partial charge in [-0.2, -0.15) is 5.26 Å². The molecule has 0 atom stereocenters. The predicted octanol–water partition coefficient (Wildman–Crippen LogP) is 25.2. The summed E-state index contributed by atoms with van der Waals surface area (Å²) in [6.45, 7) is -0.505. The van der Waals surface area contributed by atoms with Crippen molar-refractivity contribution in [3.8, 4) is 61.7 Å². The van der Waals surface area contributed by atoms with Crippen molar-refractivity contribution in [1.29, 1.82) is 5.26 Å². The van der Waals surface area contributed by atoms with Crippen molar-refractivity contribution in [1.82, 2.24) is 0 Å². The van der Waals surface area contributed by atoms with Crippen LogP contribution in [0, 0.1) is 11.3 Å². The van der Waals surface area contributed by atoms with E-state index in [0.29, 0.717) is 16.9 Å². The van der Waals surface area contributed by atoms with Crippen LogP contribution in [0.4, 0.5) is 68.2 Å². The second-order valence-electron chi connectivity index (χ2n) is 26.6. The Balaban J connectivity index is 0.970. The quantitative estimate of drug-likeness (QED) is 0.107. The van der Waals surface area contributed by atoms with Gasteiger partial charge >= 0.3 is 0 Å². The standard InChI is InChI=1S/C97H62BN5OS/c99-63-64-46-49-74(50-47-64)101(73-38-20-7-21-39-73)76-52-54-84-86(62-76)103(97-79(67-30-12-3-13-31-67)43-25-44-80(97)68-32-14-4-15-33-68)88-60-70(69-48-55-89-82(58-69)93-90(104-89)56-57-92-94(93)81-40-22-23-45-91(81)105-92)59-87-95(88)98(84)83-53-51-75(100(71-34-16-5-17-35-71)72-36-18-6-19-37-72)61-85(83)102(87)96-77(65-26-8-1-9-27-65)41-24-42-78(96)66-28-10-2-11-29-66/h1-62H/i5D,16D,17D,34D,35D. The number of benzene rings is 16. The van der Waals surface area contributed by atoms with Crippen LogP contribution in [-0.2, 0) is 0 Å². The van der Waals surface area contributed by atoms with E-state index < -0.39 is 24.8 Å². The molecule has 8 heteroatoms. The fourth-order valence-electron chi connectivity index (χ4n) is 16.2. The number of fused-ring (bicyclic) bond motifs is 11. The van der Waals surface area contributed by atoms with Gasteiger partial charge in [0.05, 0.1) is 29.9 Å². The highest BCUT2D eigenvalue weighted by Crippen LogP contribution is 2.56. The molecule has 0 saturated heterocycles. The van der Waals surface area contributed by atoms with E-state index in [4.69, 9.17) is 5.79 Å². The largest absolute Gasteiger partial charge is 0.456 e. The van der Waals surface area contributed by atoms with Crippen molar-refractivity contribution >= 4 is 145 Å². The maximum Gasteiger partial charge on any atom is 0.252 e. The Hall–Kier alpha value is -13.7. The van der Waals surface area contributed by atoms with Crippen molar-refractivity contribution in [2.24, 2.45) is 0 Å². The van der Waals surface area contributed by atoms with Crippen molar-refractivity contribution in [3.63, 3.8) is 0 Å².